The summed E-state index contributed by atoms with van der Waals surface area (Å²) in [5, 5.41) is 0. The summed E-state index contributed by atoms with van der Waals surface area (Å²) in [7, 11) is -8.23. The number of sulfonamides is 2. The molecule has 2 amide bonds. The molecule has 128 valence electrons. The SMILES string of the molecule is O=C1NS(=O)(=O)c2c(Oc3cccc4c3S(=O)(=O)NC4=O)cccc21. The molecule has 0 unspecified atom stereocenters. The minimum absolute atomic E-state index is 0.109. The van der Waals surface area contributed by atoms with Crippen molar-refractivity contribution in [2.45, 2.75) is 9.79 Å². The zero-order valence-corrected chi connectivity index (χ0v) is 13.8. The van der Waals surface area contributed by atoms with E-state index >= 15 is 0 Å². The standard InChI is InChI=1S/C14H8N2O7S2/c17-13-7-3-1-5-9(11(7)24(19,20)15-13)23-10-6-2-4-8-12(10)25(21,22)16-14(8)18/h1-6H,(H,15,17)(H,16,18). The topological polar surface area (TPSA) is 136 Å². The van der Waals surface area contributed by atoms with Gasteiger partial charge in [-0.05, 0) is 24.3 Å². The highest BCUT2D eigenvalue weighted by molar-refractivity contribution is 7.91. The molecule has 0 saturated heterocycles. The van der Waals surface area contributed by atoms with E-state index in [1.54, 1.807) is 0 Å². The van der Waals surface area contributed by atoms with E-state index in [-0.39, 0.29) is 32.4 Å². The zero-order valence-electron chi connectivity index (χ0n) is 12.1. The number of hydrogen-bond acceptors (Lipinski definition) is 7. The Bertz CT molecular complexity index is 1090. The third-order valence-electron chi connectivity index (χ3n) is 3.66. The number of rotatable bonds is 2. The van der Waals surface area contributed by atoms with Crippen LogP contribution >= 0.6 is 0 Å². The molecular weight excluding hydrogens is 372 g/mol. The van der Waals surface area contributed by atoms with Gasteiger partial charge < -0.3 is 4.74 Å². The minimum Gasteiger partial charge on any atom is -0.454 e. The maximum absolute atomic E-state index is 12.1. The molecule has 0 aliphatic carbocycles. The van der Waals surface area contributed by atoms with Gasteiger partial charge in [0.25, 0.3) is 31.9 Å². The molecule has 2 N–H and O–H groups in total. The summed E-state index contributed by atoms with van der Waals surface area (Å²) in [5.74, 6) is -2.05. The highest BCUT2D eigenvalue weighted by Gasteiger charge is 2.39. The number of carbonyl (C=O) groups excluding carboxylic acids is 2. The van der Waals surface area contributed by atoms with Crippen LogP contribution in [0.4, 0.5) is 0 Å². The monoisotopic (exact) mass is 380 g/mol. The van der Waals surface area contributed by atoms with Crippen molar-refractivity contribution in [3.8, 4) is 11.5 Å². The Balaban J connectivity index is 1.91. The molecule has 0 saturated carbocycles. The third kappa shape index (κ3) is 2.20. The number of hydrogen-bond donors (Lipinski definition) is 2. The molecule has 0 spiro atoms. The van der Waals surface area contributed by atoms with E-state index in [9.17, 15) is 26.4 Å². The lowest BCUT2D eigenvalue weighted by atomic mass is 10.2. The first kappa shape index (κ1) is 15.6. The Morgan fingerprint density at radius 1 is 0.680 bits per heavy atom. The smallest absolute Gasteiger partial charge is 0.268 e. The van der Waals surface area contributed by atoms with E-state index in [4.69, 9.17) is 4.74 Å². The Kier molecular flexibility index (Phi) is 2.99. The van der Waals surface area contributed by atoms with Crippen molar-refractivity contribution in [3.05, 3.63) is 47.5 Å². The summed E-state index contributed by atoms with van der Waals surface area (Å²) in [6.45, 7) is 0. The number of benzene rings is 2. The molecule has 0 atom stereocenters. The first-order valence-electron chi connectivity index (χ1n) is 6.79. The molecule has 0 fully saturated rings. The van der Waals surface area contributed by atoms with Crippen LogP contribution in [0.25, 0.3) is 0 Å². The molecule has 25 heavy (non-hydrogen) atoms. The van der Waals surface area contributed by atoms with Crippen molar-refractivity contribution in [1.82, 2.24) is 9.44 Å². The van der Waals surface area contributed by atoms with Gasteiger partial charge in [-0.25, -0.2) is 26.3 Å². The van der Waals surface area contributed by atoms with Crippen LogP contribution in [-0.4, -0.2) is 28.6 Å². The minimum atomic E-state index is -4.12. The fourth-order valence-corrected chi connectivity index (χ4v) is 5.24. The molecule has 11 heteroatoms. The second kappa shape index (κ2) is 4.80. The Labute approximate surface area is 141 Å². The fourth-order valence-electron chi connectivity index (χ4n) is 2.68. The highest BCUT2D eigenvalue weighted by Crippen LogP contribution is 2.39. The lowest BCUT2D eigenvalue weighted by molar-refractivity contribution is 0.0976. The maximum atomic E-state index is 12.1. The third-order valence-corrected chi connectivity index (χ3v) is 6.48. The van der Waals surface area contributed by atoms with Crippen molar-refractivity contribution in [2.24, 2.45) is 0 Å². The van der Waals surface area contributed by atoms with Gasteiger partial charge in [-0.3, -0.25) is 9.59 Å². The fraction of sp³-hybridized carbons (Fsp3) is 0. The summed E-state index contributed by atoms with van der Waals surface area (Å²) in [4.78, 5) is 22.7. The molecule has 0 bridgehead atoms. The van der Waals surface area contributed by atoms with Crippen molar-refractivity contribution < 1.29 is 31.2 Å². The molecule has 9 nitrogen and oxygen atoms in total. The molecule has 4 rings (SSSR count). The van der Waals surface area contributed by atoms with Gasteiger partial charge in [0, 0.05) is 0 Å². The van der Waals surface area contributed by atoms with Gasteiger partial charge in [-0.1, -0.05) is 12.1 Å². The van der Waals surface area contributed by atoms with E-state index in [0.717, 1.165) is 0 Å². The van der Waals surface area contributed by atoms with Crippen LogP contribution in [0.3, 0.4) is 0 Å². The van der Waals surface area contributed by atoms with Gasteiger partial charge in [-0.15, -0.1) is 0 Å². The van der Waals surface area contributed by atoms with E-state index in [0.29, 0.717) is 0 Å². The van der Waals surface area contributed by atoms with Crippen LogP contribution in [0.2, 0.25) is 0 Å². The Hall–Kier alpha value is -2.92. The maximum Gasteiger partial charge on any atom is 0.268 e. The average Bonchev–Trinajstić information content (AvgIpc) is 2.90. The van der Waals surface area contributed by atoms with E-state index < -0.39 is 31.9 Å². The summed E-state index contributed by atoms with van der Waals surface area (Å²) >= 11 is 0. The normalized spacial score (nSPS) is 18.9. The first-order chi connectivity index (χ1) is 11.7. The van der Waals surface area contributed by atoms with Crippen molar-refractivity contribution in [2.75, 3.05) is 0 Å². The van der Waals surface area contributed by atoms with Crippen LogP contribution in [0, 0.1) is 0 Å². The van der Waals surface area contributed by atoms with Crippen LogP contribution in [0.15, 0.2) is 46.2 Å². The largest absolute Gasteiger partial charge is 0.454 e. The summed E-state index contributed by atoms with van der Waals surface area (Å²) in [6, 6.07) is 7.98. The number of ether oxygens (including phenoxy) is 1. The summed E-state index contributed by atoms with van der Waals surface area (Å²) < 4.78 is 57.5. The predicted molar refractivity (Wildman–Crippen MR) is 82.3 cm³/mol. The lowest BCUT2D eigenvalue weighted by Crippen LogP contribution is -2.21. The van der Waals surface area contributed by atoms with Gasteiger partial charge in [0.15, 0.2) is 0 Å². The van der Waals surface area contributed by atoms with Crippen molar-refractivity contribution >= 4 is 31.9 Å². The number of fused-ring (bicyclic) bond motifs is 2. The van der Waals surface area contributed by atoms with Gasteiger partial charge >= 0.3 is 0 Å². The molecule has 0 radical (unpaired) electrons. The second-order valence-corrected chi connectivity index (χ2v) is 8.48. The molecule has 2 aromatic rings. The molecule has 0 aromatic heterocycles. The number of nitrogens with one attached hydrogen (secondary N) is 2. The van der Waals surface area contributed by atoms with Crippen molar-refractivity contribution in [1.29, 1.82) is 0 Å². The Morgan fingerprint density at radius 3 is 1.48 bits per heavy atom. The first-order valence-corrected chi connectivity index (χ1v) is 9.75. The number of carbonyl (C=O) groups is 2. The van der Waals surface area contributed by atoms with Gasteiger partial charge in [0.2, 0.25) is 0 Å². The van der Waals surface area contributed by atoms with Gasteiger partial charge in [0.1, 0.15) is 21.3 Å². The zero-order chi connectivity index (χ0) is 18.0. The van der Waals surface area contributed by atoms with Gasteiger partial charge in [0.05, 0.1) is 11.1 Å². The molecule has 2 aliphatic heterocycles. The quantitative estimate of drug-likeness (QED) is 0.767. The van der Waals surface area contributed by atoms with Crippen LogP contribution in [0.5, 0.6) is 11.5 Å². The summed E-state index contributed by atoms with van der Waals surface area (Å²) in [6.07, 6.45) is 0. The second-order valence-electron chi connectivity index (χ2n) is 5.24. The van der Waals surface area contributed by atoms with Crippen LogP contribution < -0.4 is 14.2 Å². The summed E-state index contributed by atoms with van der Waals surface area (Å²) in [5.41, 5.74) is -0.218. The Morgan fingerprint density at radius 2 is 1.08 bits per heavy atom. The van der Waals surface area contributed by atoms with E-state index in [2.05, 4.69) is 0 Å². The highest BCUT2D eigenvalue weighted by atomic mass is 32.2. The van der Waals surface area contributed by atoms with E-state index in [1.807, 2.05) is 9.44 Å². The average molecular weight is 380 g/mol. The van der Waals surface area contributed by atoms with Gasteiger partial charge in [-0.2, -0.15) is 0 Å². The predicted octanol–water partition coefficient (Wildman–Crippen LogP) is 0.343. The lowest BCUT2D eigenvalue weighted by Gasteiger charge is -2.11. The number of amides is 2. The molecule has 2 aliphatic rings. The molecule has 2 aromatic carbocycles. The van der Waals surface area contributed by atoms with E-state index in [1.165, 1.54) is 36.4 Å². The van der Waals surface area contributed by atoms with Crippen LogP contribution in [-0.2, 0) is 20.0 Å². The van der Waals surface area contributed by atoms with Crippen molar-refractivity contribution in [3.63, 3.8) is 0 Å². The van der Waals surface area contributed by atoms with Crippen LogP contribution in [0.1, 0.15) is 20.7 Å². The molecular formula is C14H8N2O7S2. The molecule has 2 heterocycles.